The van der Waals surface area contributed by atoms with Gasteiger partial charge in [0.25, 0.3) is 0 Å². The number of allylic oxidation sites excluding steroid dienone is 3. The molecule has 0 aliphatic carbocycles. The second kappa shape index (κ2) is 18.6. The lowest BCUT2D eigenvalue weighted by molar-refractivity contribution is -0.155. The van der Waals surface area contributed by atoms with Gasteiger partial charge in [0.1, 0.15) is 0 Å². The van der Waals surface area contributed by atoms with Gasteiger partial charge in [-0.1, -0.05) is 22.9 Å². The third-order valence-electron chi connectivity index (χ3n) is 6.27. The maximum Gasteiger partial charge on any atom is 0.314 e. The number of carbonyl (C=O) groups is 2. The summed E-state index contributed by atoms with van der Waals surface area (Å²) in [5.74, 6) is 3.50. The third-order valence-corrected chi connectivity index (χ3v) is 8.34. The van der Waals surface area contributed by atoms with Crippen molar-refractivity contribution in [3.8, 4) is 12.3 Å². The monoisotopic (exact) mass is 636 g/mol. The summed E-state index contributed by atoms with van der Waals surface area (Å²) in [6.07, 6.45) is 12.5. The van der Waals surface area contributed by atoms with Crippen LogP contribution in [-0.4, -0.2) is 65.3 Å². The van der Waals surface area contributed by atoms with Gasteiger partial charge in [-0.05, 0) is 65.5 Å². The molecule has 1 aromatic rings. The van der Waals surface area contributed by atoms with Crippen LogP contribution < -0.4 is 21.3 Å². The highest BCUT2D eigenvalue weighted by Gasteiger charge is 2.38. The van der Waals surface area contributed by atoms with Crippen LogP contribution in [0.25, 0.3) is 5.57 Å². The molecule has 1 aromatic heterocycles. The van der Waals surface area contributed by atoms with Crippen molar-refractivity contribution < 1.29 is 14.3 Å². The normalized spacial score (nSPS) is 15.9. The van der Waals surface area contributed by atoms with E-state index in [0.29, 0.717) is 63.0 Å². The van der Waals surface area contributed by atoms with Crippen LogP contribution >= 0.6 is 27.7 Å². The van der Waals surface area contributed by atoms with Gasteiger partial charge >= 0.3 is 12.0 Å². The summed E-state index contributed by atoms with van der Waals surface area (Å²) >= 11 is 5.27. The maximum atomic E-state index is 12.3. The summed E-state index contributed by atoms with van der Waals surface area (Å²) in [6, 6.07) is -0.164. The van der Waals surface area contributed by atoms with Crippen LogP contribution in [0.5, 0.6) is 0 Å². The second-order valence-corrected chi connectivity index (χ2v) is 11.9. The number of carbonyl (C=O) groups excluding carboxylic acids is 2. The number of thioether (sulfide) groups is 1. The standard InChI is InChI=1S/C26H41BrN6O3S.C3H4/c1-6-19(15-21(28)22(18(4)27)37-14-11-30-25(35)29-7-2)20-16-31-24(32-17-20)33-12-9-26(5,10-13-33)23(34)36-8-3;1-3-2/h15-18H,6-14,28H2,1-5H3,(H2,29,30,35);1H,2H3/b19-15+,22-21-;. The van der Waals surface area contributed by atoms with Crippen molar-refractivity contribution in [2.75, 3.05) is 43.4 Å². The van der Waals surface area contributed by atoms with Gasteiger partial charge in [0, 0.05) is 65.3 Å². The van der Waals surface area contributed by atoms with Gasteiger partial charge in [-0.15, -0.1) is 24.1 Å². The molecule has 11 heteroatoms. The Morgan fingerprint density at radius 1 is 1.27 bits per heavy atom. The number of amides is 2. The van der Waals surface area contributed by atoms with Gasteiger partial charge in [-0.2, -0.15) is 0 Å². The molecule has 0 bridgehead atoms. The van der Waals surface area contributed by atoms with E-state index in [4.69, 9.17) is 10.5 Å². The first-order valence-electron chi connectivity index (χ1n) is 13.7. The zero-order valence-corrected chi connectivity index (χ0v) is 27.1. The van der Waals surface area contributed by atoms with Crippen LogP contribution in [0, 0.1) is 17.8 Å². The second-order valence-electron chi connectivity index (χ2n) is 9.42. The highest BCUT2D eigenvalue weighted by atomic mass is 79.9. The molecule has 9 nitrogen and oxygen atoms in total. The number of aromatic nitrogens is 2. The molecule has 0 spiro atoms. The minimum absolute atomic E-state index is 0.0781. The van der Waals surface area contributed by atoms with E-state index in [-0.39, 0.29) is 16.8 Å². The maximum absolute atomic E-state index is 12.3. The van der Waals surface area contributed by atoms with Crippen LogP contribution in [-0.2, 0) is 9.53 Å². The fourth-order valence-electron chi connectivity index (χ4n) is 3.98. The van der Waals surface area contributed by atoms with Crippen molar-refractivity contribution in [1.82, 2.24) is 20.6 Å². The molecule has 222 valence electrons. The number of esters is 1. The fraction of sp³-hybridized carbons (Fsp3) is 0.586. The molecule has 1 aliphatic rings. The number of alkyl halides is 1. The van der Waals surface area contributed by atoms with Crippen LogP contribution in [0.15, 0.2) is 29.1 Å². The van der Waals surface area contributed by atoms with E-state index in [9.17, 15) is 9.59 Å². The summed E-state index contributed by atoms with van der Waals surface area (Å²) in [5.41, 5.74) is 8.71. The number of nitrogens with one attached hydrogen (secondary N) is 2. The lowest BCUT2D eigenvalue weighted by Crippen LogP contribution is -2.44. The number of hydrogen-bond acceptors (Lipinski definition) is 8. The third kappa shape index (κ3) is 11.4. The van der Waals surface area contributed by atoms with Crippen molar-refractivity contribution >= 4 is 51.2 Å². The molecule has 0 aromatic carbocycles. The summed E-state index contributed by atoms with van der Waals surface area (Å²) in [5, 5.41) is 5.55. The van der Waals surface area contributed by atoms with Crippen molar-refractivity contribution in [1.29, 1.82) is 0 Å². The molecule has 4 N–H and O–H groups in total. The Morgan fingerprint density at radius 2 is 1.88 bits per heavy atom. The molecule has 40 heavy (non-hydrogen) atoms. The Bertz CT molecular complexity index is 1040. The number of rotatable bonds is 12. The smallest absolute Gasteiger partial charge is 0.314 e. The number of nitrogens with zero attached hydrogens (tertiary/aromatic N) is 3. The molecular weight excluding hydrogens is 592 g/mol. The molecule has 2 rings (SSSR count). The van der Waals surface area contributed by atoms with Gasteiger partial charge in [-0.3, -0.25) is 4.79 Å². The molecule has 1 atom stereocenters. The van der Waals surface area contributed by atoms with Crippen molar-refractivity contribution in [3.05, 3.63) is 34.6 Å². The summed E-state index contributed by atoms with van der Waals surface area (Å²) in [6.45, 7) is 14.4. The quantitative estimate of drug-likeness (QED) is 0.0954. The van der Waals surface area contributed by atoms with Crippen LogP contribution in [0.1, 0.15) is 66.4 Å². The molecule has 2 amide bonds. The first kappa shape index (κ1) is 35.3. The molecule has 1 aliphatic heterocycles. The number of terminal acetylenes is 1. The highest BCUT2D eigenvalue weighted by Crippen LogP contribution is 2.34. The van der Waals surface area contributed by atoms with Crippen molar-refractivity contribution in [3.63, 3.8) is 0 Å². The number of halogens is 1. The molecule has 0 saturated carbocycles. The van der Waals surface area contributed by atoms with Gasteiger partial charge in [0.2, 0.25) is 5.95 Å². The van der Waals surface area contributed by atoms with Crippen LogP contribution in [0.2, 0.25) is 0 Å². The number of piperidine rings is 1. The van der Waals surface area contributed by atoms with E-state index >= 15 is 0 Å². The minimum atomic E-state index is -0.450. The zero-order valence-electron chi connectivity index (χ0n) is 24.7. The van der Waals surface area contributed by atoms with E-state index in [1.165, 1.54) is 0 Å². The van der Waals surface area contributed by atoms with E-state index in [1.807, 2.05) is 46.2 Å². The number of nitrogens with two attached hydrogens (primary N) is 1. The summed E-state index contributed by atoms with van der Waals surface area (Å²) < 4.78 is 5.26. The zero-order chi connectivity index (χ0) is 30.1. The number of anilines is 1. The van der Waals surface area contributed by atoms with Crippen LogP contribution in [0.4, 0.5) is 10.7 Å². The lowest BCUT2D eigenvalue weighted by atomic mass is 9.80. The van der Waals surface area contributed by atoms with E-state index in [1.54, 1.807) is 18.7 Å². The van der Waals surface area contributed by atoms with E-state index in [0.717, 1.165) is 22.5 Å². The Morgan fingerprint density at radius 3 is 2.38 bits per heavy atom. The van der Waals surface area contributed by atoms with Gasteiger partial charge in [0.15, 0.2) is 0 Å². The summed E-state index contributed by atoms with van der Waals surface area (Å²) in [4.78, 5) is 36.3. The Kier molecular flexibility index (Phi) is 16.4. The van der Waals surface area contributed by atoms with Crippen LogP contribution in [0.3, 0.4) is 0 Å². The van der Waals surface area contributed by atoms with E-state index in [2.05, 4.69) is 60.7 Å². The van der Waals surface area contributed by atoms with E-state index < -0.39 is 5.41 Å². The number of ether oxygens (including phenoxy) is 1. The highest BCUT2D eigenvalue weighted by molar-refractivity contribution is 9.09. The summed E-state index contributed by atoms with van der Waals surface area (Å²) in [7, 11) is 0. The molecule has 0 radical (unpaired) electrons. The average molecular weight is 638 g/mol. The molecule has 1 unspecified atom stereocenters. The minimum Gasteiger partial charge on any atom is -0.466 e. The van der Waals surface area contributed by atoms with Crippen molar-refractivity contribution in [2.45, 2.75) is 65.6 Å². The van der Waals surface area contributed by atoms with Crippen molar-refractivity contribution in [2.24, 2.45) is 11.1 Å². The molecule has 1 saturated heterocycles. The molecule has 1 fully saturated rings. The van der Waals surface area contributed by atoms with Gasteiger partial charge in [0.05, 0.1) is 12.0 Å². The SMILES string of the molecule is C#CC.CCNC(=O)NCCS/C(=C(N)/C=C(\CC)c1cnc(N2CCC(C)(C(=O)OCC)CC2)nc1)C(C)Br. The Labute approximate surface area is 252 Å². The number of hydrogen-bond donors (Lipinski definition) is 3. The average Bonchev–Trinajstić information content (AvgIpc) is 2.92. The Balaban J connectivity index is 0.00000254. The Hall–Kier alpha value is -2.71. The lowest BCUT2D eigenvalue weighted by Gasteiger charge is -2.37. The number of urea groups is 1. The first-order chi connectivity index (χ1) is 19.1. The largest absolute Gasteiger partial charge is 0.466 e. The predicted octanol–water partition coefficient (Wildman–Crippen LogP) is 5.09. The van der Waals surface area contributed by atoms with Gasteiger partial charge < -0.3 is 26.0 Å². The molecular formula is C29H45BrN6O3S. The molecule has 2 heterocycles. The van der Waals surface area contributed by atoms with Gasteiger partial charge in [-0.25, -0.2) is 14.8 Å². The predicted molar refractivity (Wildman–Crippen MR) is 170 cm³/mol. The topological polar surface area (TPSA) is 122 Å². The fourth-order valence-corrected chi connectivity index (χ4v) is 5.52. The first-order valence-corrected chi connectivity index (χ1v) is 15.6.